The van der Waals surface area contributed by atoms with E-state index < -0.39 is 228 Å². The second-order valence-electron chi connectivity index (χ2n) is 35.0. The fourth-order valence-electron chi connectivity index (χ4n) is 16.7. The minimum atomic E-state index is -1.85. The molecule has 0 saturated carbocycles. The number of thioether (sulfide) groups is 1. The Morgan fingerprint density at radius 3 is 1.81 bits per heavy atom. The van der Waals surface area contributed by atoms with E-state index in [-0.39, 0.29) is 108 Å². The molecular weight excluding hydrogens is 1800 g/mol. The van der Waals surface area contributed by atoms with Crippen molar-refractivity contribution in [1.82, 2.24) is 97.9 Å². The van der Waals surface area contributed by atoms with Crippen LogP contribution in [0, 0.1) is 11.3 Å². The highest BCUT2D eigenvalue weighted by molar-refractivity contribution is 8.00. The molecule has 3 aromatic heterocycles. The molecule has 738 valence electrons. The van der Waals surface area contributed by atoms with Gasteiger partial charge >= 0.3 is 0 Å². The van der Waals surface area contributed by atoms with E-state index in [9.17, 15) is 48.6 Å². The Morgan fingerprint density at radius 1 is 0.574 bits per heavy atom. The SMILES string of the molecule is CCCCC1C(=O)N(C)C(CCCC)C(=O)NC(CCCNC(=N)N)C(=O)N[C@H](C(=O)NCC(N)=O)CSCC(=O)NC(Cc2ccc(O)cc2)C(=O)N(C)C(C)C(=O)NC(CC(N)=O)C(=O)N2CC(N)CC2C(=O)NC(Cc2cnc[nH]2)C(=O)N[C@@H](CC(C)C)C(=O)N2CCCC2C(=O)NC(Cc2c[nH]c3ccccc23)C(=O)N[C@@H](CO)C(=O)NC(Cc2csc3ccccc23)C(=O)N1C. The summed E-state index contributed by atoms with van der Waals surface area (Å²) in [5.74, 6) is -17.7. The van der Waals surface area contributed by atoms with E-state index in [1.165, 1.54) is 81.1 Å². The first-order valence-electron chi connectivity index (χ1n) is 45.5. The summed E-state index contributed by atoms with van der Waals surface area (Å²) in [4.78, 5) is 267. The van der Waals surface area contributed by atoms with Gasteiger partial charge in [0.15, 0.2) is 5.96 Å². The fourth-order valence-corrected chi connectivity index (χ4v) is 18.6. The van der Waals surface area contributed by atoms with Gasteiger partial charge in [0, 0.05) is 112 Å². The van der Waals surface area contributed by atoms with Crippen molar-refractivity contribution in [2.45, 2.75) is 234 Å². The van der Waals surface area contributed by atoms with E-state index in [2.05, 4.69) is 73.4 Å². The molecule has 3 aliphatic rings. The molecule has 12 unspecified atom stereocenters. The van der Waals surface area contributed by atoms with E-state index in [1.54, 1.807) is 55.8 Å². The largest absolute Gasteiger partial charge is 0.508 e. The summed E-state index contributed by atoms with van der Waals surface area (Å²) in [6, 6.07) is -2.47. The number of primary amides is 2. The monoisotopic (exact) mass is 1920 g/mol. The van der Waals surface area contributed by atoms with Crippen molar-refractivity contribution in [2.24, 2.45) is 28.9 Å². The summed E-state index contributed by atoms with van der Waals surface area (Å²) >= 11 is 2.12. The van der Waals surface area contributed by atoms with Gasteiger partial charge in [0.25, 0.3) is 0 Å². The average Bonchev–Trinajstić information content (AvgIpc) is 1.65. The highest BCUT2D eigenvalue weighted by Gasteiger charge is 2.47. The van der Waals surface area contributed by atoms with Crippen molar-refractivity contribution in [3.63, 3.8) is 0 Å². The van der Waals surface area contributed by atoms with Crippen LogP contribution in [0.3, 0.4) is 0 Å². The standard InChI is InChI=1S/C91H128N24O19S2/c1-9-11-23-69-83(127)103-60(22-17-31-98-91(95)96)79(123)110-68(78(122)100-42-75(94)119)46-135-47-76(120)102-64(34-51-27-29-56(117)30-28-51)86(130)111(6)50(5)77(121)106-66(39-74(93)118)89(133)115-43-54(92)37-72(115)85(129)105-62(38-55-41-97-48-101-55)81(125)107-63(33-49(3)4)88(132)114-32-18-25-70(114)84(128)104-61(35-52-40-99-59-21-15-13-19-57(52)59)80(124)109-67(44-116)82(126)108-65(36-53-45-136-73-26-16-14-20-58(53)73)87(131)113(8)71(24-12-10-2)90(134)112(69)7/h13-16,19-21,26-30,40-41,45,48-50,54,60-72,99,116-117H,9-12,17-18,22-25,31-39,42-44,46-47,92H2,1-8H3,(H2,93,118)(H2,94,119)(H,97,101)(H,100,122)(H,102,120)(H,103,127)(H,104,128)(H,105,129)(H,106,121)(H,107,125)(H,108,126)(H,109,124)(H,110,123)(H4,95,96,98)/t50?,54?,60?,61?,62?,63-,64?,65?,66?,67-,68-,69?,70?,71?,72?/m0/s1. The Balaban J connectivity index is 1.10. The number of likely N-dealkylation sites (N-methyl/N-ethyl adjacent to an activating group) is 3. The van der Waals surface area contributed by atoms with Crippen LogP contribution >= 0.6 is 23.1 Å². The predicted molar refractivity (Wildman–Crippen MR) is 505 cm³/mol. The number of carbonyl (C=O) groups is 17. The molecule has 3 fully saturated rings. The molecule has 0 bridgehead atoms. The number of fused-ring (bicyclic) bond motifs is 4. The van der Waals surface area contributed by atoms with Crippen molar-refractivity contribution in [1.29, 1.82) is 5.41 Å². The zero-order valence-corrected chi connectivity index (χ0v) is 79.2. The average molecular weight is 1930 g/mol. The van der Waals surface area contributed by atoms with Gasteiger partial charge in [-0.3, -0.25) is 86.9 Å². The zero-order chi connectivity index (χ0) is 99.3. The maximum absolute atomic E-state index is 15.8. The molecule has 6 heterocycles. The molecule has 0 radical (unpaired) electrons. The van der Waals surface area contributed by atoms with Gasteiger partial charge in [0.1, 0.15) is 90.3 Å². The van der Waals surface area contributed by atoms with Crippen molar-refractivity contribution in [3.05, 3.63) is 119 Å². The first-order valence-corrected chi connectivity index (χ1v) is 47.6. The van der Waals surface area contributed by atoms with Gasteiger partial charge in [0.2, 0.25) is 100 Å². The Bertz CT molecular complexity index is 5250. The lowest BCUT2D eigenvalue weighted by atomic mass is 10.00. The number of guanidine groups is 1. The molecule has 3 saturated heterocycles. The highest BCUT2D eigenvalue weighted by atomic mass is 32.2. The van der Waals surface area contributed by atoms with Crippen LogP contribution in [0.2, 0.25) is 0 Å². The smallest absolute Gasteiger partial charge is 0.246 e. The Morgan fingerprint density at radius 2 is 1.15 bits per heavy atom. The minimum absolute atomic E-state index is 0.00657. The first-order chi connectivity index (χ1) is 64.8. The molecule has 0 aliphatic carbocycles. The topological polar surface area (TPSA) is 652 Å². The van der Waals surface area contributed by atoms with Crippen LogP contribution in [-0.2, 0) is 107 Å². The summed E-state index contributed by atoms with van der Waals surface area (Å²) in [6.45, 7) is 6.37. The maximum Gasteiger partial charge on any atom is 0.246 e. The quantitative estimate of drug-likeness (QED) is 0.0155. The van der Waals surface area contributed by atoms with Gasteiger partial charge in [0.05, 0.1) is 31.7 Å². The minimum Gasteiger partial charge on any atom is -0.508 e. The number of aromatic nitrogens is 3. The van der Waals surface area contributed by atoms with Gasteiger partial charge < -0.3 is 126 Å². The molecule has 3 aliphatic heterocycles. The molecule has 3 aromatic carbocycles. The molecule has 15 atom stereocenters. The van der Waals surface area contributed by atoms with Gasteiger partial charge in [-0.2, -0.15) is 0 Å². The molecule has 17 amide bonds. The van der Waals surface area contributed by atoms with E-state index in [0.29, 0.717) is 59.0 Å². The number of imidazole rings is 1. The van der Waals surface area contributed by atoms with E-state index in [0.717, 1.165) is 41.4 Å². The summed E-state index contributed by atoms with van der Waals surface area (Å²) in [7, 11) is 3.93. The number of amides is 17. The van der Waals surface area contributed by atoms with Gasteiger partial charge in [-0.25, -0.2) is 4.98 Å². The number of nitrogens with two attached hydrogens (primary N) is 4. The number of hydrogen-bond donors (Lipinski definition) is 20. The van der Waals surface area contributed by atoms with Crippen molar-refractivity contribution < 1.29 is 91.7 Å². The molecule has 6 aromatic rings. The number of phenolic OH excluding ortho intramolecular Hbond substituents is 1. The van der Waals surface area contributed by atoms with Crippen LogP contribution in [0.5, 0.6) is 5.75 Å². The molecular formula is C91H128N24O19S2. The number of nitrogens with one attached hydrogen (secondary N) is 14. The first kappa shape index (κ1) is 106. The summed E-state index contributed by atoms with van der Waals surface area (Å²) < 4.78 is 0.822. The van der Waals surface area contributed by atoms with Crippen LogP contribution in [0.15, 0.2) is 96.9 Å². The van der Waals surface area contributed by atoms with Crippen LogP contribution in [0.25, 0.3) is 21.0 Å². The lowest BCUT2D eigenvalue weighted by Gasteiger charge is -2.36. The van der Waals surface area contributed by atoms with E-state index in [1.807, 2.05) is 32.0 Å². The number of hydrogen-bond acceptors (Lipinski definition) is 24. The number of thiophene rings is 1. The van der Waals surface area contributed by atoms with Crippen molar-refractivity contribution in [3.8, 4) is 5.75 Å². The number of H-pyrrole nitrogens is 2. The third-order valence-corrected chi connectivity index (χ3v) is 26.3. The Hall–Kier alpha value is -13.3. The Kier molecular flexibility index (Phi) is 39.8. The van der Waals surface area contributed by atoms with Gasteiger partial charge in [-0.1, -0.05) is 102 Å². The number of phenols is 1. The molecule has 9 rings (SSSR count). The van der Waals surface area contributed by atoms with Crippen LogP contribution in [-0.4, -0.2) is 312 Å². The number of nitrogens with zero attached hydrogens (tertiary/aromatic N) is 6. The number of aromatic hydroxyl groups is 1. The number of benzene rings is 3. The van der Waals surface area contributed by atoms with Crippen LogP contribution < -0.4 is 81.4 Å². The lowest BCUT2D eigenvalue weighted by molar-refractivity contribution is -0.149. The zero-order valence-electron chi connectivity index (χ0n) is 77.6. The van der Waals surface area contributed by atoms with Gasteiger partial charge in [-0.15, -0.1) is 23.1 Å². The third kappa shape index (κ3) is 29.6. The highest BCUT2D eigenvalue weighted by Crippen LogP contribution is 2.30. The number of unbranched alkanes of at least 4 members (excludes halogenated alkanes) is 2. The number of rotatable bonds is 26. The van der Waals surface area contributed by atoms with Crippen molar-refractivity contribution in [2.75, 3.05) is 65.4 Å². The third-order valence-electron chi connectivity index (χ3n) is 24.3. The second-order valence-corrected chi connectivity index (χ2v) is 36.9. The maximum atomic E-state index is 15.8. The molecule has 24 N–H and O–H groups in total. The number of aliphatic hydroxyl groups is 1. The lowest BCUT2D eigenvalue weighted by Crippen LogP contribution is -2.62. The molecule has 0 spiro atoms. The van der Waals surface area contributed by atoms with E-state index in [4.69, 9.17) is 28.3 Å². The molecule has 136 heavy (non-hydrogen) atoms. The number of para-hydroxylation sites is 1. The van der Waals surface area contributed by atoms with Crippen LogP contribution in [0.4, 0.5) is 0 Å². The summed E-state index contributed by atoms with van der Waals surface area (Å²) in [6.07, 6.45) is 4.01. The Labute approximate surface area is 795 Å². The number of aliphatic hydroxyl groups excluding tert-OH is 1. The number of carbonyl (C=O) groups excluding carboxylic acids is 17. The number of aromatic amines is 2. The van der Waals surface area contributed by atoms with Crippen molar-refractivity contribution >= 4 is 150 Å². The predicted octanol–water partition coefficient (Wildman–Crippen LogP) is -2.23. The fraction of sp³-hybridized carbons (Fsp3) is 0.527. The van der Waals surface area contributed by atoms with E-state index >= 15 is 43.2 Å². The second kappa shape index (κ2) is 50.9. The molecule has 43 nitrogen and oxygen atoms in total. The van der Waals surface area contributed by atoms with Crippen LogP contribution in [0.1, 0.15) is 140 Å². The van der Waals surface area contributed by atoms with Gasteiger partial charge in [-0.05, 0) is 116 Å². The molecule has 45 heteroatoms. The summed E-state index contributed by atoms with van der Waals surface area (Å²) in [5.41, 5.74) is 25.8. The summed E-state index contributed by atoms with van der Waals surface area (Å²) in [5, 5.41) is 61.8. The normalized spacial score (nSPS) is 24.7.